The van der Waals surface area contributed by atoms with Crippen molar-refractivity contribution in [1.82, 2.24) is 0 Å². The Bertz CT molecular complexity index is 633. The summed E-state index contributed by atoms with van der Waals surface area (Å²) in [6.07, 6.45) is 7.26. The number of methoxy groups -OCH3 is 1. The second-order valence-corrected chi connectivity index (χ2v) is 6.05. The number of phenolic OH excluding ortho intramolecular Hbond substituents is 1. The smallest absolute Gasteiger partial charge is 0.342 e. The lowest BCUT2D eigenvalue weighted by Gasteiger charge is -2.16. The summed E-state index contributed by atoms with van der Waals surface area (Å²) in [5, 5.41) is 10.2. The zero-order chi connectivity index (χ0) is 17.5. The number of hydrogen-bond donors (Lipinski definition) is 1. The standard InChI is InChI=1S/C19H24O5/c1-13-7-6-10-15(20)9-5-3-4-8-14-11-16(23-2)12-17(21)18(14)19(22)24-13/h4,8,11-13,21H,3,5-7,9-10H2,1-2H3/t13-/m1/s1. The van der Waals surface area contributed by atoms with E-state index in [0.29, 0.717) is 37.0 Å². The lowest BCUT2D eigenvalue weighted by molar-refractivity contribution is -0.119. The molecule has 0 unspecified atom stereocenters. The molecule has 1 N–H and O–H groups in total. The highest BCUT2D eigenvalue weighted by Crippen LogP contribution is 2.30. The maximum absolute atomic E-state index is 12.4. The van der Waals surface area contributed by atoms with Gasteiger partial charge in [0.15, 0.2) is 0 Å². The Hall–Kier alpha value is -2.30. The van der Waals surface area contributed by atoms with Crippen LogP contribution in [0.1, 0.15) is 61.4 Å². The highest BCUT2D eigenvalue weighted by molar-refractivity contribution is 5.97. The molecular formula is C19H24O5. The predicted octanol–water partition coefficient (Wildman–Crippen LogP) is 3.88. The molecule has 1 aromatic carbocycles. The topological polar surface area (TPSA) is 72.8 Å². The summed E-state index contributed by atoms with van der Waals surface area (Å²) in [6.45, 7) is 1.80. The molecule has 1 aliphatic heterocycles. The molecule has 24 heavy (non-hydrogen) atoms. The predicted molar refractivity (Wildman–Crippen MR) is 91.3 cm³/mol. The fourth-order valence-corrected chi connectivity index (χ4v) is 2.73. The quantitative estimate of drug-likeness (QED) is 0.790. The van der Waals surface area contributed by atoms with E-state index in [1.807, 2.05) is 6.08 Å². The minimum atomic E-state index is -0.564. The van der Waals surface area contributed by atoms with E-state index in [1.54, 1.807) is 19.1 Å². The zero-order valence-electron chi connectivity index (χ0n) is 14.2. The van der Waals surface area contributed by atoms with Crippen molar-refractivity contribution in [3.63, 3.8) is 0 Å². The molecule has 0 saturated carbocycles. The van der Waals surface area contributed by atoms with Gasteiger partial charge in [0.25, 0.3) is 0 Å². The van der Waals surface area contributed by atoms with Crippen LogP contribution in [0.3, 0.4) is 0 Å². The number of esters is 1. The van der Waals surface area contributed by atoms with Crippen LogP contribution in [0.5, 0.6) is 11.5 Å². The molecule has 5 heteroatoms. The number of benzene rings is 1. The SMILES string of the molecule is COc1cc(O)c2c(c1)C=CCCCC(=O)CCC[C@@H](C)OC2=O. The first-order valence-electron chi connectivity index (χ1n) is 8.31. The van der Waals surface area contributed by atoms with Gasteiger partial charge in [0.2, 0.25) is 0 Å². The van der Waals surface area contributed by atoms with Gasteiger partial charge in [-0.3, -0.25) is 4.79 Å². The lowest BCUT2D eigenvalue weighted by Crippen LogP contribution is -2.16. The highest BCUT2D eigenvalue weighted by atomic mass is 16.5. The molecule has 0 aliphatic carbocycles. The first-order chi connectivity index (χ1) is 11.5. The van der Waals surface area contributed by atoms with Gasteiger partial charge in [0, 0.05) is 18.9 Å². The molecular weight excluding hydrogens is 308 g/mol. The van der Waals surface area contributed by atoms with Gasteiger partial charge in [-0.25, -0.2) is 4.79 Å². The van der Waals surface area contributed by atoms with Crippen molar-refractivity contribution in [2.45, 2.75) is 51.6 Å². The number of ether oxygens (including phenoxy) is 2. The lowest BCUT2D eigenvalue weighted by atomic mass is 10.0. The summed E-state index contributed by atoms with van der Waals surface area (Å²) in [5.74, 6) is -0.00842. The molecule has 0 fully saturated rings. The van der Waals surface area contributed by atoms with Crippen molar-refractivity contribution >= 4 is 17.8 Å². The molecule has 0 saturated heterocycles. The van der Waals surface area contributed by atoms with Gasteiger partial charge in [-0.2, -0.15) is 0 Å². The van der Waals surface area contributed by atoms with E-state index in [1.165, 1.54) is 13.2 Å². The zero-order valence-corrected chi connectivity index (χ0v) is 14.2. The third-order valence-electron chi connectivity index (χ3n) is 4.06. The molecule has 0 amide bonds. The Labute approximate surface area is 142 Å². The van der Waals surface area contributed by atoms with Crippen LogP contribution in [0.25, 0.3) is 6.08 Å². The minimum Gasteiger partial charge on any atom is -0.507 e. The van der Waals surface area contributed by atoms with E-state index in [-0.39, 0.29) is 23.2 Å². The van der Waals surface area contributed by atoms with Gasteiger partial charge in [-0.05, 0) is 44.2 Å². The summed E-state index contributed by atoms with van der Waals surface area (Å²) in [4.78, 5) is 24.2. The van der Waals surface area contributed by atoms with E-state index in [4.69, 9.17) is 9.47 Å². The number of phenols is 1. The Kier molecular flexibility index (Phi) is 6.41. The molecule has 1 aromatic rings. The van der Waals surface area contributed by atoms with E-state index >= 15 is 0 Å². The van der Waals surface area contributed by atoms with E-state index in [9.17, 15) is 14.7 Å². The number of fused-ring (bicyclic) bond motifs is 1. The summed E-state index contributed by atoms with van der Waals surface area (Å²) in [5.41, 5.74) is 0.694. The monoisotopic (exact) mass is 332 g/mol. The first-order valence-corrected chi connectivity index (χ1v) is 8.31. The van der Waals surface area contributed by atoms with Crippen LogP contribution >= 0.6 is 0 Å². The summed E-state index contributed by atoms with van der Waals surface area (Å²) < 4.78 is 10.6. The van der Waals surface area contributed by atoms with Gasteiger partial charge in [0.05, 0.1) is 13.2 Å². The van der Waals surface area contributed by atoms with Crippen LogP contribution in [0.15, 0.2) is 18.2 Å². The number of carbonyl (C=O) groups excluding carboxylic acids is 2. The first kappa shape index (κ1) is 18.0. The average molecular weight is 332 g/mol. The molecule has 0 bridgehead atoms. The van der Waals surface area contributed by atoms with E-state index < -0.39 is 5.97 Å². The second kappa shape index (κ2) is 8.52. The summed E-state index contributed by atoms with van der Waals surface area (Å²) >= 11 is 0. The molecule has 0 radical (unpaired) electrons. The number of aromatic hydroxyl groups is 1. The number of allylic oxidation sites excluding steroid dienone is 1. The van der Waals surface area contributed by atoms with Crippen molar-refractivity contribution in [3.05, 3.63) is 29.3 Å². The number of Topliss-reactive ketones (excluding diaryl/α,β-unsaturated/α-hetero) is 1. The van der Waals surface area contributed by atoms with Crippen LogP contribution in [0.2, 0.25) is 0 Å². The van der Waals surface area contributed by atoms with E-state index in [2.05, 4.69) is 0 Å². The van der Waals surface area contributed by atoms with Crippen molar-refractivity contribution in [2.75, 3.05) is 7.11 Å². The Morgan fingerprint density at radius 2 is 1.96 bits per heavy atom. The Balaban J connectivity index is 2.34. The molecule has 2 rings (SSSR count). The van der Waals surface area contributed by atoms with Crippen molar-refractivity contribution in [2.24, 2.45) is 0 Å². The van der Waals surface area contributed by atoms with Crippen LogP contribution in [0.4, 0.5) is 0 Å². The number of rotatable bonds is 1. The van der Waals surface area contributed by atoms with Gasteiger partial charge in [0.1, 0.15) is 22.8 Å². The Morgan fingerprint density at radius 3 is 2.71 bits per heavy atom. The normalized spacial score (nSPS) is 20.0. The largest absolute Gasteiger partial charge is 0.507 e. The fraction of sp³-hybridized carbons (Fsp3) is 0.474. The molecule has 0 aromatic heterocycles. The number of cyclic esters (lactones) is 1. The molecule has 1 atom stereocenters. The number of carbonyl (C=O) groups is 2. The van der Waals surface area contributed by atoms with Gasteiger partial charge >= 0.3 is 5.97 Å². The van der Waals surface area contributed by atoms with E-state index in [0.717, 1.165) is 12.8 Å². The van der Waals surface area contributed by atoms with Gasteiger partial charge in [-0.15, -0.1) is 0 Å². The van der Waals surface area contributed by atoms with Crippen LogP contribution in [0, 0.1) is 0 Å². The third kappa shape index (κ3) is 4.85. The maximum atomic E-state index is 12.4. The molecule has 1 aliphatic rings. The van der Waals surface area contributed by atoms with Crippen LogP contribution in [-0.4, -0.2) is 30.1 Å². The summed E-state index contributed by atoms with van der Waals surface area (Å²) in [6, 6.07) is 3.09. The minimum absolute atomic E-state index is 0.145. The molecule has 1 heterocycles. The van der Waals surface area contributed by atoms with Crippen molar-refractivity contribution in [3.8, 4) is 11.5 Å². The number of hydrogen-bond acceptors (Lipinski definition) is 5. The van der Waals surface area contributed by atoms with Crippen molar-refractivity contribution < 1.29 is 24.2 Å². The van der Waals surface area contributed by atoms with Gasteiger partial charge in [-0.1, -0.05) is 12.2 Å². The van der Waals surface area contributed by atoms with Crippen LogP contribution < -0.4 is 4.74 Å². The number of ketones is 1. The summed E-state index contributed by atoms with van der Waals surface area (Å²) in [7, 11) is 1.50. The average Bonchev–Trinajstić information content (AvgIpc) is 2.53. The Morgan fingerprint density at radius 1 is 1.21 bits per heavy atom. The van der Waals surface area contributed by atoms with Gasteiger partial charge < -0.3 is 14.6 Å². The highest BCUT2D eigenvalue weighted by Gasteiger charge is 2.21. The maximum Gasteiger partial charge on any atom is 0.342 e. The third-order valence-corrected chi connectivity index (χ3v) is 4.06. The fourth-order valence-electron chi connectivity index (χ4n) is 2.73. The second-order valence-electron chi connectivity index (χ2n) is 6.05. The molecule has 5 nitrogen and oxygen atoms in total. The molecule has 130 valence electrons. The molecule has 0 spiro atoms. The van der Waals surface area contributed by atoms with Crippen molar-refractivity contribution in [1.29, 1.82) is 0 Å². The van der Waals surface area contributed by atoms with Crippen LogP contribution in [-0.2, 0) is 9.53 Å².